The van der Waals surface area contributed by atoms with Crippen molar-refractivity contribution in [3.05, 3.63) is 17.8 Å². The number of hydrogen-bond donors (Lipinski definition) is 0. The highest BCUT2D eigenvalue weighted by atomic mass is 16.6. The van der Waals surface area contributed by atoms with Gasteiger partial charge in [0.15, 0.2) is 0 Å². The molecule has 2 heterocycles. The molecule has 0 spiro atoms. The zero-order valence-corrected chi connectivity index (χ0v) is 11.9. The van der Waals surface area contributed by atoms with Gasteiger partial charge in [0.05, 0.1) is 11.6 Å². The SMILES string of the molecule is Cc1cnc(C23CC2CN(C(=O)OC(C)(C)C)C3)o1. The van der Waals surface area contributed by atoms with Crippen LogP contribution in [-0.4, -0.2) is 34.7 Å². The fourth-order valence-corrected chi connectivity index (χ4v) is 2.86. The highest BCUT2D eigenvalue weighted by molar-refractivity contribution is 5.69. The maximum absolute atomic E-state index is 12.1. The van der Waals surface area contributed by atoms with E-state index in [0.717, 1.165) is 24.6 Å². The third kappa shape index (κ3) is 2.11. The van der Waals surface area contributed by atoms with E-state index in [1.165, 1.54) is 0 Å². The number of carbonyl (C=O) groups excluding carboxylic acids is 1. The second kappa shape index (κ2) is 3.74. The Balaban J connectivity index is 1.70. The van der Waals surface area contributed by atoms with E-state index in [4.69, 9.17) is 9.15 Å². The lowest BCUT2D eigenvalue weighted by Crippen LogP contribution is -2.37. The van der Waals surface area contributed by atoms with Gasteiger partial charge in [-0.1, -0.05) is 0 Å². The Bertz CT molecular complexity index is 517. The van der Waals surface area contributed by atoms with E-state index >= 15 is 0 Å². The van der Waals surface area contributed by atoms with E-state index in [1.54, 1.807) is 11.1 Å². The minimum atomic E-state index is -0.448. The fraction of sp³-hybridized carbons (Fsp3) is 0.714. The van der Waals surface area contributed by atoms with Gasteiger partial charge in [-0.05, 0) is 40.0 Å². The number of fused-ring (bicyclic) bond motifs is 1. The molecule has 1 aromatic rings. The van der Waals surface area contributed by atoms with Gasteiger partial charge in [0.1, 0.15) is 11.4 Å². The summed E-state index contributed by atoms with van der Waals surface area (Å²) in [6.07, 6.45) is 2.57. The molecule has 2 unspecified atom stereocenters. The van der Waals surface area contributed by atoms with Crippen LogP contribution in [0.1, 0.15) is 38.8 Å². The number of rotatable bonds is 1. The molecule has 0 N–H and O–H groups in total. The van der Waals surface area contributed by atoms with Gasteiger partial charge in [-0.2, -0.15) is 0 Å². The first-order chi connectivity index (χ1) is 8.80. The Morgan fingerprint density at radius 3 is 2.89 bits per heavy atom. The molecule has 1 amide bonds. The van der Waals surface area contributed by atoms with E-state index in [1.807, 2.05) is 27.7 Å². The number of aromatic nitrogens is 1. The number of aryl methyl sites for hydroxylation is 1. The van der Waals surface area contributed by atoms with Crippen molar-refractivity contribution < 1.29 is 13.9 Å². The minimum absolute atomic E-state index is 0.0504. The van der Waals surface area contributed by atoms with Crippen LogP contribution in [0.5, 0.6) is 0 Å². The van der Waals surface area contributed by atoms with Crippen LogP contribution in [-0.2, 0) is 10.2 Å². The van der Waals surface area contributed by atoms with Crippen molar-refractivity contribution in [3.63, 3.8) is 0 Å². The third-order valence-corrected chi connectivity index (χ3v) is 3.84. The van der Waals surface area contributed by atoms with Gasteiger partial charge < -0.3 is 14.1 Å². The van der Waals surface area contributed by atoms with Crippen LogP contribution >= 0.6 is 0 Å². The van der Waals surface area contributed by atoms with Crippen LogP contribution in [0.15, 0.2) is 10.6 Å². The predicted octanol–water partition coefficient (Wildman–Crippen LogP) is 2.49. The molecule has 1 saturated carbocycles. The van der Waals surface area contributed by atoms with E-state index in [-0.39, 0.29) is 11.5 Å². The smallest absolute Gasteiger partial charge is 0.410 e. The van der Waals surface area contributed by atoms with Crippen molar-refractivity contribution in [1.29, 1.82) is 0 Å². The average molecular weight is 264 g/mol. The molecule has 2 fully saturated rings. The summed E-state index contributed by atoms with van der Waals surface area (Å²) in [7, 11) is 0. The minimum Gasteiger partial charge on any atom is -0.445 e. The fourth-order valence-electron chi connectivity index (χ4n) is 2.86. The maximum atomic E-state index is 12.1. The first-order valence-electron chi connectivity index (χ1n) is 6.71. The van der Waals surface area contributed by atoms with Crippen LogP contribution in [0.3, 0.4) is 0 Å². The number of nitrogens with zero attached hydrogens (tertiary/aromatic N) is 2. The standard InChI is InChI=1S/C14H20N2O3/c1-9-6-15-11(18-9)14-5-10(14)7-16(8-14)12(17)19-13(2,3)4/h6,10H,5,7-8H2,1-4H3. The van der Waals surface area contributed by atoms with E-state index in [2.05, 4.69) is 4.98 Å². The van der Waals surface area contributed by atoms with Crippen LogP contribution in [0.25, 0.3) is 0 Å². The largest absolute Gasteiger partial charge is 0.445 e. The highest BCUT2D eigenvalue weighted by Gasteiger charge is 2.65. The molecule has 2 atom stereocenters. The molecule has 1 aromatic heterocycles. The van der Waals surface area contributed by atoms with Crippen molar-refractivity contribution in [2.24, 2.45) is 5.92 Å². The number of piperidine rings is 1. The molecular formula is C14H20N2O3. The van der Waals surface area contributed by atoms with Gasteiger partial charge >= 0.3 is 6.09 Å². The molecule has 1 saturated heterocycles. The van der Waals surface area contributed by atoms with E-state index in [9.17, 15) is 4.79 Å². The van der Waals surface area contributed by atoms with Crippen LogP contribution in [0.4, 0.5) is 4.79 Å². The van der Waals surface area contributed by atoms with E-state index < -0.39 is 5.60 Å². The second-order valence-corrected chi connectivity index (χ2v) is 6.69. The summed E-state index contributed by atoms with van der Waals surface area (Å²) in [5, 5.41) is 0. The molecule has 0 radical (unpaired) electrons. The Morgan fingerprint density at radius 2 is 2.32 bits per heavy atom. The van der Waals surface area contributed by atoms with Gasteiger partial charge in [0, 0.05) is 13.1 Å². The first kappa shape index (κ1) is 12.5. The van der Waals surface area contributed by atoms with Gasteiger partial charge in [-0.3, -0.25) is 0 Å². The predicted molar refractivity (Wildman–Crippen MR) is 68.8 cm³/mol. The molecule has 5 nitrogen and oxygen atoms in total. The molecule has 1 aliphatic heterocycles. The van der Waals surface area contributed by atoms with Crippen molar-refractivity contribution in [1.82, 2.24) is 9.88 Å². The number of amides is 1. The Labute approximate surface area is 112 Å². The zero-order valence-electron chi connectivity index (χ0n) is 11.9. The number of carbonyl (C=O) groups is 1. The molecule has 1 aliphatic carbocycles. The van der Waals surface area contributed by atoms with Crippen LogP contribution in [0.2, 0.25) is 0 Å². The Kier molecular flexibility index (Phi) is 2.46. The number of oxazole rings is 1. The Morgan fingerprint density at radius 1 is 1.58 bits per heavy atom. The van der Waals surface area contributed by atoms with Crippen molar-refractivity contribution in [2.45, 2.75) is 45.1 Å². The molecule has 2 aliphatic rings. The maximum Gasteiger partial charge on any atom is 0.410 e. The van der Waals surface area contributed by atoms with Gasteiger partial charge in [0.2, 0.25) is 5.89 Å². The molecule has 5 heteroatoms. The lowest BCUT2D eigenvalue weighted by molar-refractivity contribution is 0.0268. The van der Waals surface area contributed by atoms with Crippen LogP contribution < -0.4 is 0 Å². The van der Waals surface area contributed by atoms with Crippen molar-refractivity contribution in [3.8, 4) is 0 Å². The lowest BCUT2D eigenvalue weighted by Gasteiger charge is -2.25. The Hall–Kier alpha value is -1.52. The third-order valence-electron chi connectivity index (χ3n) is 3.84. The van der Waals surface area contributed by atoms with Crippen molar-refractivity contribution in [2.75, 3.05) is 13.1 Å². The summed E-state index contributed by atoms with van der Waals surface area (Å²) in [6.45, 7) is 8.95. The second-order valence-electron chi connectivity index (χ2n) is 6.69. The molecular weight excluding hydrogens is 244 g/mol. The van der Waals surface area contributed by atoms with Gasteiger partial charge in [-0.25, -0.2) is 9.78 Å². The summed E-state index contributed by atoms with van der Waals surface area (Å²) in [5.41, 5.74) is -0.498. The van der Waals surface area contributed by atoms with Crippen LogP contribution in [0, 0.1) is 12.8 Å². The zero-order chi connectivity index (χ0) is 13.8. The summed E-state index contributed by atoms with van der Waals surface area (Å²) in [6, 6.07) is 0. The number of likely N-dealkylation sites (tertiary alicyclic amines) is 1. The molecule has 3 rings (SSSR count). The monoisotopic (exact) mass is 264 g/mol. The topological polar surface area (TPSA) is 55.6 Å². The van der Waals surface area contributed by atoms with Crippen molar-refractivity contribution >= 4 is 6.09 Å². The number of ether oxygens (including phenoxy) is 1. The summed E-state index contributed by atoms with van der Waals surface area (Å²) in [5.74, 6) is 2.07. The summed E-state index contributed by atoms with van der Waals surface area (Å²) >= 11 is 0. The van der Waals surface area contributed by atoms with Gasteiger partial charge in [0.25, 0.3) is 0 Å². The molecule has 0 aromatic carbocycles. The molecule has 19 heavy (non-hydrogen) atoms. The van der Waals surface area contributed by atoms with Gasteiger partial charge in [-0.15, -0.1) is 0 Å². The lowest BCUT2D eigenvalue weighted by atomic mass is 10.1. The highest BCUT2D eigenvalue weighted by Crippen LogP contribution is 2.58. The molecule has 104 valence electrons. The summed E-state index contributed by atoms with van der Waals surface area (Å²) in [4.78, 5) is 18.2. The molecule has 0 bridgehead atoms. The first-order valence-corrected chi connectivity index (χ1v) is 6.71. The quantitative estimate of drug-likeness (QED) is 0.782. The summed E-state index contributed by atoms with van der Waals surface area (Å²) < 4.78 is 11.1. The van der Waals surface area contributed by atoms with E-state index in [0.29, 0.717) is 12.5 Å². The average Bonchev–Trinajstić information content (AvgIpc) is 2.68. The number of hydrogen-bond acceptors (Lipinski definition) is 4. The normalized spacial score (nSPS) is 29.3.